The Bertz CT molecular complexity index is 271. The van der Waals surface area contributed by atoms with Gasteiger partial charge in [0.15, 0.2) is 0 Å². The Hall–Kier alpha value is -0.960. The van der Waals surface area contributed by atoms with Crippen LogP contribution >= 0.6 is 0 Å². The van der Waals surface area contributed by atoms with Crippen LogP contribution in [-0.4, -0.2) is 15.1 Å². The van der Waals surface area contributed by atoms with Crippen molar-refractivity contribution in [1.82, 2.24) is 9.97 Å². The van der Waals surface area contributed by atoms with Gasteiger partial charge in [0, 0.05) is 23.4 Å². The normalized spacial score (nSPS) is 13.0. The molecule has 1 aromatic rings. The molecule has 0 aromatic carbocycles. The van der Waals surface area contributed by atoms with Crippen molar-refractivity contribution in [3.63, 3.8) is 0 Å². The average molecular weight is 194 g/mol. The van der Waals surface area contributed by atoms with Gasteiger partial charge in [-0.05, 0) is 13.8 Å². The van der Waals surface area contributed by atoms with Gasteiger partial charge < -0.3 is 5.11 Å². The van der Waals surface area contributed by atoms with Crippen LogP contribution in [0.4, 0.5) is 0 Å². The lowest BCUT2D eigenvalue weighted by atomic mass is 9.95. The van der Waals surface area contributed by atoms with Gasteiger partial charge in [0.25, 0.3) is 0 Å². The van der Waals surface area contributed by atoms with E-state index in [1.54, 1.807) is 26.2 Å². The first kappa shape index (κ1) is 11.1. The molecule has 0 spiro atoms. The van der Waals surface area contributed by atoms with E-state index in [9.17, 15) is 5.11 Å². The summed E-state index contributed by atoms with van der Waals surface area (Å²) in [5.74, 6) is 0.797. The van der Waals surface area contributed by atoms with E-state index in [4.69, 9.17) is 0 Å². The smallest absolute Gasteiger partial charge is 0.133 e. The highest BCUT2D eigenvalue weighted by Gasteiger charge is 2.20. The van der Waals surface area contributed by atoms with Crippen LogP contribution in [0.5, 0.6) is 0 Å². The van der Waals surface area contributed by atoms with E-state index in [-0.39, 0.29) is 5.41 Å². The lowest BCUT2D eigenvalue weighted by Crippen LogP contribution is -2.20. The molecule has 0 bridgehead atoms. The molecular weight excluding hydrogens is 176 g/mol. The highest BCUT2D eigenvalue weighted by molar-refractivity contribution is 5.15. The average Bonchev–Trinajstić information content (AvgIpc) is 2.01. The lowest BCUT2D eigenvalue weighted by Gasteiger charge is -2.20. The molecule has 0 aliphatic rings. The third-order valence-corrected chi connectivity index (χ3v) is 2.03. The van der Waals surface area contributed by atoms with Crippen LogP contribution in [0.15, 0.2) is 12.4 Å². The van der Waals surface area contributed by atoms with E-state index in [0.717, 1.165) is 11.4 Å². The third-order valence-electron chi connectivity index (χ3n) is 2.03. The predicted molar refractivity (Wildman–Crippen MR) is 56.0 cm³/mol. The molecule has 0 aliphatic heterocycles. The summed E-state index contributed by atoms with van der Waals surface area (Å²) in [4.78, 5) is 8.49. The Balaban J connectivity index is 3.02. The Morgan fingerprint density at radius 1 is 1.00 bits per heavy atom. The zero-order valence-corrected chi connectivity index (χ0v) is 9.50. The maximum Gasteiger partial charge on any atom is 0.133 e. The second kappa shape index (κ2) is 3.31. The molecule has 0 saturated carbocycles. The van der Waals surface area contributed by atoms with Crippen LogP contribution in [-0.2, 0) is 11.0 Å². The molecule has 1 aromatic heterocycles. The SMILES string of the molecule is CC(C)(C)c1ncc(C(C)(C)O)cn1. The van der Waals surface area contributed by atoms with Crippen LogP contribution < -0.4 is 0 Å². The summed E-state index contributed by atoms with van der Waals surface area (Å²) in [6, 6.07) is 0. The summed E-state index contributed by atoms with van der Waals surface area (Å²) in [7, 11) is 0. The van der Waals surface area contributed by atoms with E-state index in [1.807, 2.05) is 0 Å². The summed E-state index contributed by atoms with van der Waals surface area (Å²) in [5.41, 5.74) is -0.167. The van der Waals surface area contributed by atoms with Crippen molar-refractivity contribution in [2.45, 2.75) is 45.6 Å². The van der Waals surface area contributed by atoms with E-state index in [0.29, 0.717) is 0 Å². The Morgan fingerprint density at radius 2 is 1.43 bits per heavy atom. The van der Waals surface area contributed by atoms with Gasteiger partial charge in [0.1, 0.15) is 5.82 Å². The molecule has 0 atom stereocenters. The summed E-state index contributed by atoms with van der Waals surface area (Å²) >= 11 is 0. The number of aliphatic hydroxyl groups is 1. The highest BCUT2D eigenvalue weighted by Crippen LogP contribution is 2.21. The molecule has 0 fully saturated rings. The Labute approximate surface area is 85.2 Å². The molecule has 0 amide bonds. The van der Waals surface area contributed by atoms with Crippen LogP contribution in [0.3, 0.4) is 0 Å². The lowest BCUT2D eigenvalue weighted by molar-refractivity contribution is 0.0777. The number of rotatable bonds is 1. The number of nitrogens with zero attached hydrogens (tertiary/aromatic N) is 2. The minimum absolute atomic E-state index is 0.0435. The third kappa shape index (κ3) is 2.51. The van der Waals surface area contributed by atoms with E-state index < -0.39 is 5.60 Å². The van der Waals surface area contributed by atoms with Gasteiger partial charge in [-0.1, -0.05) is 20.8 Å². The number of hydrogen-bond acceptors (Lipinski definition) is 3. The van der Waals surface area contributed by atoms with Crippen molar-refractivity contribution in [1.29, 1.82) is 0 Å². The topological polar surface area (TPSA) is 46.0 Å². The standard InChI is InChI=1S/C11H18N2O/c1-10(2,3)9-12-6-8(7-13-9)11(4,5)14/h6-7,14H,1-5H3. The van der Waals surface area contributed by atoms with Crippen molar-refractivity contribution in [3.05, 3.63) is 23.8 Å². The fourth-order valence-electron chi connectivity index (χ4n) is 1.03. The van der Waals surface area contributed by atoms with Crippen LogP contribution in [0.1, 0.15) is 46.0 Å². The van der Waals surface area contributed by atoms with Crippen molar-refractivity contribution in [2.24, 2.45) is 0 Å². The minimum atomic E-state index is -0.865. The van der Waals surface area contributed by atoms with Gasteiger partial charge >= 0.3 is 0 Å². The molecule has 3 heteroatoms. The largest absolute Gasteiger partial charge is 0.386 e. The zero-order chi connectivity index (χ0) is 11.0. The van der Waals surface area contributed by atoms with E-state index >= 15 is 0 Å². The van der Waals surface area contributed by atoms with Gasteiger partial charge in [-0.25, -0.2) is 9.97 Å². The predicted octanol–water partition coefficient (Wildman–Crippen LogP) is 2.00. The Morgan fingerprint density at radius 3 is 1.71 bits per heavy atom. The molecule has 14 heavy (non-hydrogen) atoms. The van der Waals surface area contributed by atoms with Crippen molar-refractivity contribution < 1.29 is 5.11 Å². The van der Waals surface area contributed by atoms with Gasteiger partial charge in [0.2, 0.25) is 0 Å². The fraction of sp³-hybridized carbons (Fsp3) is 0.636. The molecule has 0 saturated heterocycles. The monoisotopic (exact) mass is 194 g/mol. The molecule has 0 unspecified atom stereocenters. The van der Waals surface area contributed by atoms with Crippen molar-refractivity contribution in [3.8, 4) is 0 Å². The zero-order valence-electron chi connectivity index (χ0n) is 9.50. The van der Waals surface area contributed by atoms with Crippen LogP contribution in [0.2, 0.25) is 0 Å². The van der Waals surface area contributed by atoms with Gasteiger partial charge in [-0.2, -0.15) is 0 Å². The highest BCUT2D eigenvalue weighted by atomic mass is 16.3. The van der Waals surface area contributed by atoms with Crippen molar-refractivity contribution >= 4 is 0 Å². The number of aromatic nitrogens is 2. The van der Waals surface area contributed by atoms with Gasteiger partial charge in [-0.15, -0.1) is 0 Å². The fourth-order valence-corrected chi connectivity index (χ4v) is 1.03. The summed E-state index contributed by atoms with van der Waals surface area (Å²) in [6.45, 7) is 9.63. The maximum atomic E-state index is 9.70. The molecule has 1 rings (SSSR count). The Kier molecular flexibility index (Phi) is 2.63. The van der Waals surface area contributed by atoms with Gasteiger partial charge in [-0.3, -0.25) is 0 Å². The minimum Gasteiger partial charge on any atom is -0.386 e. The molecular formula is C11H18N2O. The molecule has 1 heterocycles. The van der Waals surface area contributed by atoms with E-state index in [1.165, 1.54) is 0 Å². The summed E-state index contributed by atoms with van der Waals surface area (Å²) in [5, 5.41) is 9.70. The summed E-state index contributed by atoms with van der Waals surface area (Å²) in [6.07, 6.45) is 3.38. The van der Waals surface area contributed by atoms with Crippen molar-refractivity contribution in [2.75, 3.05) is 0 Å². The molecule has 0 radical (unpaired) electrons. The summed E-state index contributed by atoms with van der Waals surface area (Å²) < 4.78 is 0. The quantitative estimate of drug-likeness (QED) is 0.743. The van der Waals surface area contributed by atoms with Crippen LogP contribution in [0, 0.1) is 0 Å². The maximum absolute atomic E-state index is 9.70. The molecule has 3 nitrogen and oxygen atoms in total. The van der Waals surface area contributed by atoms with Crippen LogP contribution in [0.25, 0.3) is 0 Å². The molecule has 1 N–H and O–H groups in total. The first-order chi connectivity index (χ1) is 6.21. The second-order valence-electron chi connectivity index (χ2n) is 5.10. The molecule has 78 valence electrons. The van der Waals surface area contributed by atoms with Gasteiger partial charge in [0.05, 0.1) is 5.60 Å². The van der Waals surface area contributed by atoms with E-state index in [2.05, 4.69) is 30.7 Å². The first-order valence-electron chi connectivity index (χ1n) is 4.76. The molecule has 0 aliphatic carbocycles. The first-order valence-corrected chi connectivity index (χ1v) is 4.76. The number of hydrogen-bond donors (Lipinski definition) is 1. The second-order valence-corrected chi connectivity index (χ2v) is 5.10.